The number of benzene rings is 3. The minimum atomic E-state index is -0.278. The van der Waals surface area contributed by atoms with Gasteiger partial charge in [-0.3, -0.25) is 4.79 Å². The van der Waals surface area contributed by atoms with Crippen LogP contribution in [-0.2, 0) is 16.2 Å². The van der Waals surface area contributed by atoms with Crippen LogP contribution in [0.25, 0.3) is 0 Å². The summed E-state index contributed by atoms with van der Waals surface area (Å²) in [6, 6.07) is 22.9. The average molecular weight is 404 g/mol. The van der Waals surface area contributed by atoms with E-state index in [2.05, 4.69) is 10.5 Å². The highest BCUT2D eigenvalue weighted by atomic mass is 16.6. The number of carbonyl (C=O) groups excluding carboxylic acids is 1. The van der Waals surface area contributed by atoms with E-state index in [9.17, 15) is 4.79 Å². The summed E-state index contributed by atoms with van der Waals surface area (Å²) < 4.78 is 11.2. The zero-order chi connectivity index (χ0) is 21.2. The number of oxime groups is 1. The number of carbonyl (C=O) groups is 1. The summed E-state index contributed by atoms with van der Waals surface area (Å²) in [4.78, 5) is 17.0. The number of amides is 1. The van der Waals surface area contributed by atoms with Crippen LogP contribution >= 0.6 is 0 Å². The first kappa shape index (κ1) is 20.9. The predicted molar refractivity (Wildman–Crippen MR) is 117 cm³/mol. The van der Waals surface area contributed by atoms with Crippen molar-refractivity contribution >= 4 is 17.8 Å². The summed E-state index contributed by atoms with van der Waals surface area (Å²) in [5.41, 5.74) is 3.63. The van der Waals surface area contributed by atoms with Gasteiger partial charge in [0.05, 0.1) is 13.3 Å². The van der Waals surface area contributed by atoms with Gasteiger partial charge in [-0.15, -0.1) is 0 Å². The molecule has 0 saturated heterocycles. The van der Waals surface area contributed by atoms with Crippen molar-refractivity contribution < 1.29 is 19.1 Å². The highest BCUT2D eigenvalue weighted by Gasteiger charge is 2.06. The maximum atomic E-state index is 11.9. The topological polar surface area (TPSA) is 69.2 Å². The average Bonchev–Trinajstić information content (AvgIpc) is 2.76. The molecule has 6 heteroatoms. The van der Waals surface area contributed by atoms with Crippen LogP contribution in [0.2, 0.25) is 0 Å². The van der Waals surface area contributed by atoms with Gasteiger partial charge in [-0.1, -0.05) is 47.6 Å². The molecule has 0 bridgehead atoms. The summed E-state index contributed by atoms with van der Waals surface area (Å²) in [6.45, 7) is 2.23. The van der Waals surface area contributed by atoms with Crippen molar-refractivity contribution in [2.45, 2.75) is 13.5 Å². The Kier molecular flexibility index (Phi) is 7.44. The van der Waals surface area contributed by atoms with Gasteiger partial charge >= 0.3 is 0 Å². The monoisotopic (exact) mass is 404 g/mol. The zero-order valence-corrected chi connectivity index (χ0v) is 17.0. The molecule has 0 atom stereocenters. The van der Waals surface area contributed by atoms with Gasteiger partial charge in [-0.2, -0.15) is 0 Å². The summed E-state index contributed by atoms with van der Waals surface area (Å²) in [6.07, 6.45) is 1.52. The third-order valence-corrected chi connectivity index (χ3v) is 4.20. The fourth-order valence-corrected chi connectivity index (χ4v) is 2.73. The van der Waals surface area contributed by atoms with Crippen LogP contribution in [0.15, 0.2) is 78.0 Å². The van der Waals surface area contributed by atoms with Crippen molar-refractivity contribution in [3.05, 3.63) is 89.5 Å². The van der Waals surface area contributed by atoms with Crippen LogP contribution in [0.5, 0.6) is 11.5 Å². The molecule has 0 radical (unpaired) electrons. The first-order chi connectivity index (χ1) is 14.6. The molecule has 0 aromatic heterocycles. The Bertz CT molecular complexity index is 1000. The molecule has 6 nitrogen and oxygen atoms in total. The van der Waals surface area contributed by atoms with Crippen molar-refractivity contribution in [1.82, 2.24) is 0 Å². The maximum absolute atomic E-state index is 11.9. The van der Waals surface area contributed by atoms with Crippen molar-refractivity contribution in [1.29, 1.82) is 0 Å². The number of hydrogen-bond donors (Lipinski definition) is 1. The van der Waals surface area contributed by atoms with Gasteiger partial charge in [-0.25, -0.2) is 0 Å². The van der Waals surface area contributed by atoms with Crippen LogP contribution in [0.3, 0.4) is 0 Å². The number of hydrogen-bond acceptors (Lipinski definition) is 5. The second-order valence-corrected chi connectivity index (χ2v) is 6.61. The second kappa shape index (κ2) is 10.7. The van der Waals surface area contributed by atoms with E-state index in [0.717, 1.165) is 22.4 Å². The number of nitrogens with zero attached hydrogens (tertiary/aromatic N) is 1. The summed E-state index contributed by atoms with van der Waals surface area (Å²) in [7, 11) is 1.58. The van der Waals surface area contributed by atoms with Gasteiger partial charge in [-0.05, 0) is 48.4 Å². The van der Waals surface area contributed by atoms with Gasteiger partial charge in [0.2, 0.25) is 0 Å². The minimum absolute atomic E-state index is 0.181. The molecular formula is C24H24N2O4. The van der Waals surface area contributed by atoms with Crippen molar-refractivity contribution in [2.75, 3.05) is 19.0 Å². The molecule has 0 aliphatic rings. The molecule has 0 aliphatic carbocycles. The van der Waals surface area contributed by atoms with E-state index >= 15 is 0 Å². The van der Waals surface area contributed by atoms with Crippen molar-refractivity contribution in [3.63, 3.8) is 0 Å². The Morgan fingerprint density at radius 2 is 1.83 bits per heavy atom. The molecule has 30 heavy (non-hydrogen) atoms. The van der Waals surface area contributed by atoms with E-state index < -0.39 is 0 Å². The van der Waals surface area contributed by atoms with Crippen LogP contribution in [0.4, 0.5) is 5.69 Å². The van der Waals surface area contributed by atoms with Gasteiger partial charge in [0, 0.05) is 11.3 Å². The Labute approximate surface area is 176 Å². The van der Waals surface area contributed by atoms with Gasteiger partial charge < -0.3 is 19.6 Å². The molecule has 0 spiro atoms. The van der Waals surface area contributed by atoms with Crippen molar-refractivity contribution in [2.24, 2.45) is 5.16 Å². The van der Waals surface area contributed by atoms with Gasteiger partial charge in [0.15, 0.2) is 18.1 Å². The third kappa shape index (κ3) is 6.38. The first-order valence-corrected chi connectivity index (χ1v) is 9.50. The molecule has 1 N–H and O–H groups in total. The quantitative estimate of drug-likeness (QED) is 0.419. The number of nitrogens with one attached hydrogen (secondary N) is 1. The molecule has 1 amide bonds. The van der Waals surface area contributed by atoms with E-state index in [-0.39, 0.29) is 12.5 Å². The van der Waals surface area contributed by atoms with Gasteiger partial charge in [0.25, 0.3) is 5.91 Å². The number of anilines is 1. The van der Waals surface area contributed by atoms with Crippen molar-refractivity contribution in [3.8, 4) is 11.5 Å². The Balaban J connectivity index is 1.50. The van der Waals surface area contributed by atoms with Crippen LogP contribution in [0.1, 0.15) is 16.7 Å². The van der Waals surface area contributed by atoms with E-state index in [1.165, 1.54) is 6.21 Å². The summed E-state index contributed by atoms with van der Waals surface area (Å²) >= 11 is 0. The van der Waals surface area contributed by atoms with Crippen LogP contribution in [-0.4, -0.2) is 25.8 Å². The normalized spacial score (nSPS) is 10.6. The zero-order valence-electron chi connectivity index (χ0n) is 17.0. The maximum Gasteiger partial charge on any atom is 0.265 e. The Morgan fingerprint density at radius 3 is 2.60 bits per heavy atom. The Hall–Kier alpha value is -3.80. The first-order valence-electron chi connectivity index (χ1n) is 9.50. The number of rotatable bonds is 9. The lowest BCUT2D eigenvalue weighted by molar-refractivity contribution is -0.120. The molecule has 0 saturated carbocycles. The smallest absolute Gasteiger partial charge is 0.265 e. The van der Waals surface area contributed by atoms with Gasteiger partial charge in [0.1, 0.15) is 6.61 Å². The molecule has 3 aromatic rings. The third-order valence-electron chi connectivity index (χ3n) is 4.20. The lowest BCUT2D eigenvalue weighted by Gasteiger charge is -2.11. The molecule has 154 valence electrons. The highest BCUT2D eigenvalue weighted by Crippen LogP contribution is 2.28. The molecule has 0 aliphatic heterocycles. The fraction of sp³-hybridized carbons (Fsp3) is 0.167. The highest BCUT2D eigenvalue weighted by molar-refractivity contribution is 5.91. The fourth-order valence-electron chi connectivity index (χ4n) is 2.73. The number of ether oxygens (including phenoxy) is 2. The molecule has 0 unspecified atom stereocenters. The Morgan fingerprint density at radius 1 is 1.00 bits per heavy atom. The summed E-state index contributed by atoms with van der Waals surface area (Å²) in [5, 5.41) is 6.62. The molecule has 3 aromatic carbocycles. The number of aryl methyl sites for hydroxylation is 1. The van der Waals surface area contributed by atoms with Crippen LogP contribution in [0, 0.1) is 6.92 Å². The lowest BCUT2D eigenvalue weighted by atomic mass is 10.2. The van der Waals surface area contributed by atoms with E-state index in [1.807, 2.05) is 73.7 Å². The standard InChI is InChI=1S/C24H24N2O4/c1-18-7-6-10-21(13-18)26-24(27)17-30-25-15-20-11-12-22(23(14-20)28-2)29-16-19-8-4-3-5-9-19/h3-15H,16-17H2,1-2H3,(H,26,27)/b25-15-. The van der Waals surface area contributed by atoms with E-state index in [1.54, 1.807) is 13.2 Å². The molecule has 0 heterocycles. The van der Waals surface area contributed by atoms with E-state index in [0.29, 0.717) is 18.1 Å². The summed E-state index contributed by atoms with van der Waals surface area (Å²) in [5.74, 6) is 0.948. The van der Waals surface area contributed by atoms with E-state index in [4.69, 9.17) is 14.3 Å². The SMILES string of the molecule is COc1cc(/C=N\OCC(=O)Nc2cccc(C)c2)ccc1OCc1ccccc1. The molecular weight excluding hydrogens is 380 g/mol. The molecule has 3 rings (SSSR count). The number of methoxy groups -OCH3 is 1. The van der Waals surface area contributed by atoms with Crippen LogP contribution < -0.4 is 14.8 Å². The second-order valence-electron chi connectivity index (χ2n) is 6.61. The lowest BCUT2D eigenvalue weighted by Crippen LogP contribution is -2.16. The molecule has 0 fully saturated rings. The minimum Gasteiger partial charge on any atom is -0.493 e. The predicted octanol–water partition coefficient (Wildman–Crippen LogP) is 4.57. The largest absolute Gasteiger partial charge is 0.493 e.